The quantitative estimate of drug-likeness (QED) is 0.729. The molecule has 0 radical (unpaired) electrons. The predicted octanol–water partition coefficient (Wildman–Crippen LogP) is 3.42. The Morgan fingerprint density at radius 2 is 1.78 bits per heavy atom. The molecule has 106 valence electrons. The molecule has 2 nitrogen and oxygen atoms in total. The van der Waals surface area contributed by atoms with Crippen LogP contribution in [0.15, 0.2) is 0 Å². The van der Waals surface area contributed by atoms with Gasteiger partial charge in [-0.2, -0.15) is 0 Å². The lowest BCUT2D eigenvalue weighted by atomic mass is 9.89. The molecule has 0 aromatic rings. The van der Waals surface area contributed by atoms with Crippen LogP contribution in [0.2, 0.25) is 0 Å². The van der Waals surface area contributed by atoms with Gasteiger partial charge in [0, 0.05) is 18.6 Å². The third-order valence-electron chi connectivity index (χ3n) is 5.04. The first-order valence-electron chi connectivity index (χ1n) is 8.25. The van der Waals surface area contributed by atoms with Gasteiger partial charge >= 0.3 is 0 Å². The topological polar surface area (TPSA) is 15.3 Å². The van der Waals surface area contributed by atoms with E-state index in [1.807, 2.05) is 0 Å². The second kappa shape index (κ2) is 7.49. The number of nitrogens with zero attached hydrogens (tertiary/aromatic N) is 1. The van der Waals surface area contributed by atoms with Gasteiger partial charge in [0.05, 0.1) is 0 Å². The molecule has 0 aromatic carbocycles. The van der Waals surface area contributed by atoms with Gasteiger partial charge in [-0.25, -0.2) is 0 Å². The molecule has 18 heavy (non-hydrogen) atoms. The summed E-state index contributed by atoms with van der Waals surface area (Å²) in [6.45, 7) is 4.81. The number of hydrogen-bond donors (Lipinski definition) is 1. The first kappa shape index (κ1) is 14.3. The van der Waals surface area contributed by atoms with E-state index in [4.69, 9.17) is 0 Å². The standard InChI is InChI=1S/C16H32N2/c1-3-12-17-16-11-6-4-5-8-14(16)13-18(2)15-9-7-10-15/h14-17H,3-13H2,1-2H3. The third kappa shape index (κ3) is 3.96. The van der Waals surface area contributed by atoms with Crippen LogP contribution in [-0.4, -0.2) is 37.1 Å². The first-order chi connectivity index (χ1) is 8.81. The molecule has 0 amide bonds. The molecule has 0 heterocycles. The van der Waals surface area contributed by atoms with Crippen molar-refractivity contribution in [1.29, 1.82) is 0 Å². The molecule has 2 aliphatic rings. The molecule has 0 aliphatic heterocycles. The number of nitrogens with one attached hydrogen (secondary N) is 1. The first-order valence-corrected chi connectivity index (χ1v) is 8.25. The average Bonchev–Trinajstić information content (AvgIpc) is 2.49. The highest BCUT2D eigenvalue weighted by Crippen LogP contribution is 2.28. The van der Waals surface area contributed by atoms with E-state index in [-0.39, 0.29) is 0 Å². The summed E-state index contributed by atoms with van der Waals surface area (Å²) in [4.78, 5) is 2.65. The average molecular weight is 252 g/mol. The van der Waals surface area contributed by atoms with Crippen molar-refractivity contribution < 1.29 is 0 Å². The lowest BCUT2D eigenvalue weighted by molar-refractivity contribution is 0.123. The third-order valence-corrected chi connectivity index (χ3v) is 5.04. The van der Waals surface area contributed by atoms with E-state index >= 15 is 0 Å². The summed E-state index contributed by atoms with van der Waals surface area (Å²) in [6.07, 6.45) is 12.8. The summed E-state index contributed by atoms with van der Waals surface area (Å²) in [5.74, 6) is 0.893. The molecular formula is C16H32N2. The molecule has 2 heteroatoms. The van der Waals surface area contributed by atoms with E-state index in [0.717, 1.165) is 18.0 Å². The van der Waals surface area contributed by atoms with Crippen LogP contribution in [-0.2, 0) is 0 Å². The van der Waals surface area contributed by atoms with Crippen LogP contribution >= 0.6 is 0 Å². The number of hydrogen-bond acceptors (Lipinski definition) is 2. The molecule has 0 aromatic heterocycles. The van der Waals surface area contributed by atoms with Gasteiger partial charge in [0.2, 0.25) is 0 Å². The fraction of sp³-hybridized carbons (Fsp3) is 1.00. The molecule has 2 saturated carbocycles. The minimum absolute atomic E-state index is 0.787. The van der Waals surface area contributed by atoms with Crippen LogP contribution in [0.3, 0.4) is 0 Å². The summed E-state index contributed by atoms with van der Waals surface area (Å²) in [5, 5.41) is 3.82. The van der Waals surface area contributed by atoms with Gasteiger partial charge in [-0.05, 0) is 51.6 Å². The molecule has 0 bridgehead atoms. The van der Waals surface area contributed by atoms with Crippen molar-refractivity contribution in [3.05, 3.63) is 0 Å². The fourth-order valence-corrected chi connectivity index (χ4v) is 3.55. The zero-order chi connectivity index (χ0) is 12.8. The normalized spacial score (nSPS) is 30.2. The fourth-order valence-electron chi connectivity index (χ4n) is 3.55. The molecular weight excluding hydrogens is 220 g/mol. The van der Waals surface area contributed by atoms with Gasteiger partial charge in [0.25, 0.3) is 0 Å². The Morgan fingerprint density at radius 1 is 1.00 bits per heavy atom. The van der Waals surface area contributed by atoms with Gasteiger partial charge in [0.1, 0.15) is 0 Å². The zero-order valence-electron chi connectivity index (χ0n) is 12.5. The van der Waals surface area contributed by atoms with Crippen molar-refractivity contribution in [2.45, 2.75) is 76.8 Å². The van der Waals surface area contributed by atoms with Crippen molar-refractivity contribution in [3.8, 4) is 0 Å². The van der Waals surface area contributed by atoms with E-state index in [0.29, 0.717) is 0 Å². The summed E-state index contributed by atoms with van der Waals surface area (Å²) in [5.41, 5.74) is 0. The van der Waals surface area contributed by atoms with Crippen LogP contribution in [0.5, 0.6) is 0 Å². The largest absolute Gasteiger partial charge is 0.314 e. The van der Waals surface area contributed by atoms with Gasteiger partial charge in [-0.1, -0.05) is 32.6 Å². The van der Waals surface area contributed by atoms with E-state index in [1.165, 1.54) is 70.9 Å². The Labute approximate surface area is 114 Å². The molecule has 2 atom stereocenters. The van der Waals surface area contributed by atoms with Crippen molar-refractivity contribution >= 4 is 0 Å². The van der Waals surface area contributed by atoms with Crippen LogP contribution in [0.25, 0.3) is 0 Å². The number of rotatable bonds is 6. The van der Waals surface area contributed by atoms with Gasteiger partial charge in [0.15, 0.2) is 0 Å². The maximum Gasteiger partial charge on any atom is 0.0107 e. The van der Waals surface area contributed by atoms with Crippen LogP contribution in [0.4, 0.5) is 0 Å². The van der Waals surface area contributed by atoms with E-state index in [1.54, 1.807) is 0 Å². The lowest BCUT2D eigenvalue weighted by Gasteiger charge is -2.38. The minimum Gasteiger partial charge on any atom is -0.314 e. The molecule has 0 spiro atoms. The maximum absolute atomic E-state index is 3.82. The van der Waals surface area contributed by atoms with Crippen LogP contribution < -0.4 is 5.32 Å². The smallest absolute Gasteiger partial charge is 0.0107 e. The SMILES string of the molecule is CCCNC1CCCCCC1CN(C)C1CCC1. The Hall–Kier alpha value is -0.0800. The van der Waals surface area contributed by atoms with E-state index in [9.17, 15) is 0 Å². The highest BCUT2D eigenvalue weighted by Gasteiger charge is 2.28. The van der Waals surface area contributed by atoms with Gasteiger partial charge in [-0.15, -0.1) is 0 Å². The summed E-state index contributed by atoms with van der Waals surface area (Å²) in [7, 11) is 2.35. The highest BCUT2D eigenvalue weighted by molar-refractivity contribution is 4.85. The second-order valence-electron chi connectivity index (χ2n) is 6.48. The van der Waals surface area contributed by atoms with Crippen molar-refractivity contribution in [2.75, 3.05) is 20.1 Å². The van der Waals surface area contributed by atoms with E-state index < -0.39 is 0 Å². The van der Waals surface area contributed by atoms with Crippen molar-refractivity contribution in [1.82, 2.24) is 10.2 Å². The molecule has 2 aliphatic carbocycles. The van der Waals surface area contributed by atoms with Crippen LogP contribution in [0, 0.1) is 5.92 Å². The Kier molecular flexibility index (Phi) is 5.97. The zero-order valence-corrected chi connectivity index (χ0v) is 12.5. The lowest BCUT2D eigenvalue weighted by Crippen LogP contribution is -2.45. The molecule has 2 fully saturated rings. The van der Waals surface area contributed by atoms with E-state index in [2.05, 4.69) is 24.2 Å². The summed E-state index contributed by atoms with van der Waals surface area (Å²) >= 11 is 0. The molecule has 1 N–H and O–H groups in total. The van der Waals surface area contributed by atoms with Gasteiger partial charge < -0.3 is 10.2 Å². The summed E-state index contributed by atoms with van der Waals surface area (Å²) < 4.78 is 0. The summed E-state index contributed by atoms with van der Waals surface area (Å²) in [6, 6.07) is 1.69. The monoisotopic (exact) mass is 252 g/mol. The predicted molar refractivity (Wildman–Crippen MR) is 78.9 cm³/mol. The van der Waals surface area contributed by atoms with Crippen molar-refractivity contribution in [2.24, 2.45) is 5.92 Å². The Balaban J connectivity index is 1.83. The minimum atomic E-state index is 0.787. The molecule has 2 unspecified atom stereocenters. The Morgan fingerprint density at radius 3 is 2.44 bits per heavy atom. The van der Waals surface area contributed by atoms with Crippen molar-refractivity contribution in [3.63, 3.8) is 0 Å². The van der Waals surface area contributed by atoms with Gasteiger partial charge in [-0.3, -0.25) is 0 Å². The van der Waals surface area contributed by atoms with Crippen LogP contribution in [0.1, 0.15) is 64.7 Å². The second-order valence-corrected chi connectivity index (χ2v) is 6.48. The molecule has 0 saturated heterocycles. The maximum atomic E-state index is 3.82. The Bertz CT molecular complexity index is 225. The molecule has 2 rings (SSSR count). The highest BCUT2D eigenvalue weighted by atomic mass is 15.1.